The predicted octanol–water partition coefficient (Wildman–Crippen LogP) is 7.81. The Morgan fingerprint density at radius 1 is 1.03 bits per heavy atom. The summed E-state index contributed by atoms with van der Waals surface area (Å²) >= 11 is 0. The number of rotatable bonds is 5. The third kappa shape index (κ3) is 4.70. The Kier molecular flexibility index (Phi) is 6.63. The van der Waals surface area contributed by atoms with Gasteiger partial charge in [-0.25, -0.2) is 0 Å². The van der Waals surface area contributed by atoms with Gasteiger partial charge in [-0.2, -0.15) is 0 Å². The van der Waals surface area contributed by atoms with E-state index in [1.807, 2.05) is 20.1 Å². The van der Waals surface area contributed by atoms with Crippen molar-refractivity contribution >= 4 is 33.2 Å². The van der Waals surface area contributed by atoms with Gasteiger partial charge in [0.05, 0.1) is 13.4 Å². The van der Waals surface area contributed by atoms with Gasteiger partial charge in [0, 0.05) is 34.2 Å². The van der Waals surface area contributed by atoms with Crippen LogP contribution < -0.4 is 10.1 Å². The van der Waals surface area contributed by atoms with Crippen molar-refractivity contribution in [2.24, 2.45) is 0 Å². The first-order valence-corrected chi connectivity index (χ1v) is 12.6. The summed E-state index contributed by atoms with van der Waals surface area (Å²) in [6.45, 7) is 3.99. The Hall–Kier alpha value is -3.53. The van der Waals surface area contributed by atoms with Crippen molar-refractivity contribution in [1.82, 2.24) is 5.32 Å². The van der Waals surface area contributed by atoms with Crippen molar-refractivity contribution in [1.29, 1.82) is 0 Å². The van der Waals surface area contributed by atoms with Gasteiger partial charge in [-0.3, -0.25) is 4.79 Å². The molecule has 3 aromatic carbocycles. The second-order valence-corrected chi connectivity index (χ2v) is 9.69. The van der Waals surface area contributed by atoms with E-state index in [9.17, 15) is 4.79 Å². The van der Waals surface area contributed by atoms with Crippen LogP contribution in [0.15, 0.2) is 65.3 Å². The van der Waals surface area contributed by atoms with E-state index in [0.29, 0.717) is 0 Å². The minimum atomic E-state index is -0.0313. The topological polar surface area (TPSA) is 51.5 Å². The zero-order valence-electron chi connectivity index (χ0n) is 20.8. The van der Waals surface area contributed by atoms with Gasteiger partial charge in [-0.15, -0.1) is 0 Å². The molecule has 0 bridgehead atoms. The molecule has 4 heteroatoms. The van der Waals surface area contributed by atoms with E-state index < -0.39 is 0 Å². The van der Waals surface area contributed by atoms with Gasteiger partial charge in [0.1, 0.15) is 11.3 Å². The molecule has 0 radical (unpaired) electrons. The summed E-state index contributed by atoms with van der Waals surface area (Å²) in [5, 5.41) is 6.64. The van der Waals surface area contributed by atoms with Crippen molar-refractivity contribution in [3.8, 4) is 16.9 Å². The van der Waals surface area contributed by atoms with Gasteiger partial charge >= 0.3 is 0 Å². The Morgan fingerprint density at radius 2 is 1.77 bits per heavy atom. The molecule has 1 amide bonds. The van der Waals surface area contributed by atoms with Crippen LogP contribution in [-0.2, 0) is 4.79 Å². The molecule has 4 nitrogen and oxygen atoms in total. The molecule has 4 aromatic rings. The number of benzene rings is 3. The Balaban J connectivity index is 1.53. The van der Waals surface area contributed by atoms with Crippen LogP contribution in [0.2, 0.25) is 0 Å². The van der Waals surface area contributed by atoms with Gasteiger partial charge in [0.25, 0.3) is 0 Å². The predicted molar refractivity (Wildman–Crippen MR) is 144 cm³/mol. The lowest BCUT2D eigenvalue weighted by Crippen LogP contribution is -2.33. The zero-order valence-corrected chi connectivity index (χ0v) is 20.8. The summed E-state index contributed by atoms with van der Waals surface area (Å²) in [6.07, 6.45) is 10.6. The lowest BCUT2D eigenvalue weighted by Gasteiger charge is -2.16. The van der Waals surface area contributed by atoms with Gasteiger partial charge in [0.2, 0.25) is 5.91 Å². The van der Waals surface area contributed by atoms with E-state index in [1.165, 1.54) is 36.5 Å². The van der Waals surface area contributed by atoms with Crippen molar-refractivity contribution < 1.29 is 13.9 Å². The van der Waals surface area contributed by atoms with Crippen LogP contribution in [0.25, 0.3) is 38.4 Å². The molecular weight excluding hydrogens is 434 g/mol. The second-order valence-electron chi connectivity index (χ2n) is 9.69. The van der Waals surface area contributed by atoms with E-state index in [-0.39, 0.29) is 11.9 Å². The molecule has 1 fully saturated rings. The maximum absolute atomic E-state index is 12.9. The molecule has 1 aliphatic carbocycles. The monoisotopic (exact) mass is 467 g/mol. The third-order valence-corrected chi connectivity index (χ3v) is 7.28. The van der Waals surface area contributed by atoms with Crippen LogP contribution in [0.5, 0.6) is 5.75 Å². The van der Waals surface area contributed by atoms with E-state index >= 15 is 0 Å². The molecular formula is C31H33NO3. The van der Waals surface area contributed by atoms with Crippen LogP contribution in [0.4, 0.5) is 0 Å². The molecule has 1 aliphatic rings. The minimum Gasteiger partial charge on any atom is -0.496 e. The molecule has 0 atom stereocenters. The fourth-order valence-corrected chi connectivity index (χ4v) is 5.39. The summed E-state index contributed by atoms with van der Waals surface area (Å²) in [7, 11) is 1.67. The van der Waals surface area contributed by atoms with Gasteiger partial charge in [0.15, 0.2) is 0 Å². The number of hydrogen-bond acceptors (Lipinski definition) is 3. The largest absolute Gasteiger partial charge is 0.496 e. The maximum atomic E-state index is 12.9. The van der Waals surface area contributed by atoms with E-state index in [4.69, 9.17) is 9.15 Å². The van der Waals surface area contributed by atoms with Crippen LogP contribution in [0.1, 0.15) is 56.6 Å². The lowest BCUT2D eigenvalue weighted by molar-refractivity contribution is -0.117. The summed E-state index contributed by atoms with van der Waals surface area (Å²) in [5.74, 6) is 0.712. The number of ether oxygens (including phenoxy) is 1. The average Bonchev–Trinajstić information content (AvgIpc) is 3.13. The number of allylic oxidation sites excluding steroid dienone is 1. The van der Waals surface area contributed by atoms with Gasteiger partial charge in [-0.1, -0.05) is 62.1 Å². The molecule has 5 rings (SSSR count). The second kappa shape index (κ2) is 9.99. The van der Waals surface area contributed by atoms with Crippen molar-refractivity contribution in [2.45, 2.75) is 58.4 Å². The molecule has 1 aromatic heterocycles. The molecule has 0 spiro atoms. The summed E-state index contributed by atoms with van der Waals surface area (Å²) in [4.78, 5) is 12.9. The number of methoxy groups -OCH3 is 1. The first-order valence-electron chi connectivity index (χ1n) is 12.6. The minimum absolute atomic E-state index is 0.0313. The molecule has 0 saturated heterocycles. The smallest absolute Gasteiger partial charge is 0.244 e. The number of aryl methyl sites for hydroxylation is 1. The summed E-state index contributed by atoms with van der Waals surface area (Å²) < 4.78 is 11.8. The molecule has 180 valence electrons. The normalized spacial score (nSPS) is 15.3. The number of hydrogen-bond donors (Lipinski definition) is 1. The number of nitrogens with one attached hydrogen (secondary N) is 1. The van der Waals surface area contributed by atoms with Crippen molar-refractivity contribution in [3.05, 3.63) is 72.0 Å². The number of carbonyl (C=O) groups is 1. The Bertz CT molecular complexity index is 1400. The van der Waals surface area contributed by atoms with Crippen LogP contribution in [-0.4, -0.2) is 19.1 Å². The fourth-order valence-electron chi connectivity index (χ4n) is 5.39. The molecule has 1 saturated carbocycles. The number of furan rings is 1. The van der Waals surface area contributed by atoms with Gasteiger partial charge < -0.3 is 14.5 Å². The highest BCUT2D eigenvalue weighted by Crippen LogP contribution is 2.41. The van der Waals surface area contributed by atoms with Crippen molar-refractivity contribution in [2.75, 3.05) is 7.11 Å². The first kappa shape index (κ1) is 23.2. The standard InChI is InChI=1S/C31H33NO3/c1-20(16-29(33)32-25-12-6-4-5-7-13-25)26-18-27-28(19-35-31(27)21(2)30(26)34-3)24-15-14-22-10-8-9-11-23(22)17-24/h8-11,14-19,25H,4-7,12-13H2,1-3H3,(H,32,33)/b20-16+. The highest BCUT2D eigenvalue weighted by Gasteiger charge is 2.20. The van der Waals surface area contributed by atoms with Crippen molar-refractivity contribution in [3.63, 3.8) is 0 Å². The first-order chi connectivity index (χ1) is 17.0. The molecule has 1 N–H and O–H groups in total. The van der Waals surface area contributed by atoms with Crippen LogP contribution >= 0.6 is 0 Å². The van der Waals surface area contributed by atoms with E-state index in [1.54, 1.807) is 13.2 Å². The average molecular weight is 468 g/mol. The van der Waals surface area contributed by atoms with Crippen LogP contribution in [0.3, 0.4) is 0 Å². The lowest BCUT2D eigenvalue weighted by atomic mass is 9.95. The molecule has 0 aliphatic heterocycles. The van der Waals surface area contributed by atoms with E-state index in [0.717, 1.165) is 57.4 Å². The summed E-state index contributed by atoms with van der Waals surface area (Å²) in [6, 6.07) is 17.2. The SMILES string of the molecule is COc1c(/C(C)=C/C(=O)NC2CCCCCC2)cc2c(-c3ccc4ccccc4c3)coc2c1C. The highest BCUT2D eigenvalue weighted by molar-refractivity contribution is 6.02. The number of amides is 1. The zero-order chi connectivity index (χ0) is 24.4. The van der Waals surface area contributed by atoms with Gasteiger partial charge in [-0.05, 0) is 60.7 Å². The Morgan fingerprint density at radius 3 is 2.51 bits per heavy atom. The fraction of sp³-hybridized carbons (Fsp3) is 0.323. The third-order valence-electron chi connectivity index (χ3n) is 7.28. The van der Waals surface area contributed by atoms with E-state index in [2.05, 4.69) is 53.8 Å². The quantitative estimate of drug-likeness (QED) is 0.240. The number of fused-ring (bicyclic) bond motifs is 2. The summed E-state index contributed by atoms with van der Waals surface area (Å²) in [5.41, 5.74) is 5.67. The van der Waals surface area contributed by atoms with Crippen LogP contribution in [0, 0.1) is 6.92 Å². The molecule has 1 heterocycles. The molecule has 35 heavy (non-hydrogen) atoms. The maximum Gasteiger partial charge on any atom is 0.244 e. The number of carbonyl (C=O) groups excluding carboxylic acids is 1. The molecule has 0 unspecified atom stereocenters. The Labute approximate surface area is 207 Å². The highest BCUT2D eigenvalue weighted by atomic mass is 16.5.